The van der Waals surface area contributed by atoms with E-state index in [1.54, 1.807) is 6.07 Å². The predicted octanol–water partition coefficient (Wildman–Crippen LogP) is 5.38. The van der Waals surface area contributed by atoms with E-state index in [1.807, 2.05) is 35.2 Å². The SMILES string of the molecule is NC(=O)CC(NCc1ccc(Cl)c(Cl)c1)c1ccc2c(c1)nc(-c1ccc(N(CCO)CCO)cc1)n2CCCN1CCCCC1. The molecule has 1 atom stereocenters. The number of anilines is 1. The van der Waals surface area contributed by atoms with Crippen molar-refractivity contribution < 1.29 is 15.0 Å². The number of aliphatic hydroxyl groups is 2. The van der Waals surface area contributed by atoms with Crippen LogP contribution < -0.4 is 16.0 Å². The number of nitrogens with one attached hydrogen (secondary N) is 1. The van der Waals surface area contributed by atoms with Gasteiger partial charge in [-0.25, -0.2) is 4.98 Å². The van der Waals surface area contributed by atoms with Crippen LogP contribution >= 0.6 is 23.2 Å². The summed E-state index contributed by atoms with van der Waals surface area (Å²) in [5.41, 5.74) is 11.4. The number of carbonyl (C=O) groups excluding carboxylic acids is 1. The van der Waals surface area contributed by atoms with Gasteiger partial charge in [-0.05, 0) is 98.6 Å². The number of fused-ring (bicyclic) bond motifs is 1. The minimum Gasteiger partial charge on any atom is -0.395 e. The normalized spacial score (nSPS) is 14.5. The molecule has 4 aromatic rings. The molecule has 1 amide bonds. The number of aromatic nitrogens is 2. The Kier molecular flexibility index (Phi) is 12.3. The predicted molar refractivity (Wildman–Crippen MR) is 186 cm³/mol. The minimum atomic E-state index is -0.396. The van der Waals surface area contributed by atoms with Crippen LogP contribution in [0.5, 0.6) is 0 Å². The second-order valence-electron chi connectivity index (χ2n) is 11.9. The topological polar surface area (TPSA) is 120 Å². The van der Waals surface area contributed by atoms with Gasteiger partial charge in [0, 0.05) is 49.9 Å². The van der Waals surface area contributed by atoms with Gasteiger partial charge >= 0.3 is 0 Å². The van der Waals surface area contributed by atoms with E-state index in [2.05, 4.69) is 39.0 Å². The molecule has 3 aromatic carbocycles. The summed E-state index contributed by atoms with van der Waals surface area (Å²) in [6, 6.07) is 19.5. The van der Waals surface area contributed by atoms with E-state index in [9.17, 15) is 15.0 Å². The van der Waals surface area contributed by atoms with Gasteiger partial charge in [0.25, 0.3) is 0 Å². The standard InChI is InChI=1S/C35H44Cl2N6O3/c36-29-11-5-25(21-30(29)37)24-39-31(23-34(38)46)27-8-12-33-32(22-27)40-35(43(33)16-4-15-41-13-2-1-3-14-41)26-6-9-28(10-7-26)42(17-19-44)18-20-45/h5-12,21-22,31,39,44-45H,1-4,13-20,23-24H2,(H2,38,46). The van der Waals surface area contributed by atoms with Gasteiger partial charge in [-0.3, -0.25) is 4.79 Å². The van der Waals surface area contributed by atoms with Gasteiger partial charge in [0.05, 0.1) is 34.3 Å². The highest BCUT2D eigenvalue weighted by atomic mass is 35.5. The number of imidazole rings is 1. The quantitative estimate of drug-likeness (QED) is 0.127. The van der Waals surface area contributed by atoms with E-state index in [0.717, 1.165) is 71.8 Å². The summed E-state index contributed by atoms with van der Waals surface area (Å²) >= 11 is 12.3. The number of nitrogens with zero attached hydrogens (tertiary/aromatic N) is 4. The summed E-state index contributed by atoms with van der Waals surface area (Å²) in [4.78, 5) is 21.7. The Morgan fingerprint density at radius 3 is 2.35 bits per heavy atom. The van der Waals surface area contributed by atoms with Crippen LogP contribution in [0.15, 0.2) is 60.7 Å². The van der Waals surface area contributed by atoms with Crippen molar-refractivity contribution in [3.63, 3.8) is 0 Å². The average molecular weight is 668 g/mol. The molecule has 0 bridgehead atoms. The number of hydrogen-bond donors (Lipinski definition) is 4. The lowest BCUT2D eigenvalue weighted by Crippen LogP contribution is -2.31. The molecule has 0 radical (unpaired) electrons. The Morgan fingerprint density at radius 1 is 0.935 bits per heavy atom. The van der Waals surface area contributed by atoms with E-state index in [0.29, 0.717) is 29.7 Å². The smallest absolute Gasteiger partial charge is 0.219 e. The maximum absolute atomic E-state index is 12.1. The van der Waals surface area contributed by atoms with Crippen LogP contribution in [-0.2, 0) is 17.9 Å². The fourth-order valence-electron chi connectivity index (χ4n) is 6.28. The largest absolute Gasteiger partial charge is 0.395 e. The Morgan fingerprint density at radius 2 is 1.67 bits per heavy atom. The number of primary amides is 1. The fraction of sp³-hybridized carbons (Fsp3) is 0.429. The number of aryl methyl sites for hydroxylation is 1. The number of halogens is 2. The molecule has 46 heavy (non-hydrogen) atoms. The van der Waals surface area contributed by atoms with Crippen molar-refractivity contribution in [3.05, 3.63) is 81.8 Å². The monoisotopic (exact) mass is 666 g/mol. The molecule has 0 spiro atoms. The van der Waals surface area contributed by atoms with Crippen molar-refractivity contribution in [2.75, 3.05) is 50.8 Å². The fourth-order valence-corrected chi connectivity index (χ4v) is 6.60. The van der Waals surface area contributed by atoms with Gasteiger partial charge in [-0.15, -0.1) is 0 Å². The molecular formula is C35H44Cl2N6O3. The molecule has 1 aliphatic heterocycles. The molecular weight excluding hydrogens is 623 g/mol. The third kappa shape index (κ3) is 8.79. The summed E-state index contributed by atoms with van der Waals surface area (Å²) in [6.45, 7) is 5.60. The Labute approximate surface area is 280 Å². The minimum absolute atomic E-state index is 0.00987. The van der Waals surface area contributed by atoms with Gasteiger partial charge in [0.1, 0.15) is 5.82 Å². The number of piperidine rings is 1. The first-order valence-corrected chi connectivity index (χ1v) is 16.9. The van der Waals surface area contributed by atoms with Crippen molar-refractivity contribution in [2.45, 2.75) is 51.2 Å². The second kappa shape index (κ2) is 16.6. The lowest BCUT2D eigenvalue weighted by Gasteiger charge is -2.26. The highest BCUT2D eigenvalue weighted by Gasteiger charge is 2.19. The molecule has 11 heteroatoms. The molecule has 5 N–H and O–H groups in total. The number of aliphatic hydroxyl groups excluding tert-OH is 2. The van der Waals surface area contributed by atoms with E-state index in [-0.39, 0.29) is 25.7 Å². The van der Waals surface area contributed by atoms with Crippen LogP contribution in [0.1, 0.15) is 49.3 Å². The first kappa shape index (κ1) is 34.2. The summed E-state index contributed by atoms with van der Waals surface area (Å²) in [5, 5.41) is 23.4. The highest BCUT2D eigenvalue weighted by molar-refractivity contribution is 6.42. The van der Waals surface area contributed by atoms with E-state index in [1.165, 1.54) is 19.3 Å². The number of hydrogen-bond acceptors (Lipinski definition) is 7. The van der Waals surface area contributed by atoms with Gasteiger partial charge in [0.15, 0.2) is 0 Å². The summed E-state index contributed by atoms with van der Waals surface area (Å²) in [6.07, 6.45) is 5.00. The first-order valence-electron chi connectivity index (χ1n) is 16.1. The number of amides is 1. The van der Waals surface area contributed by atoms with Crippen LogP contribution in [0.2, 0.25) is 10.0 Å². The van der Waals surface area contributed by atoms with Crippen molar-refractivity contribution in [3.8, 4) is 11.4 Å². The molecule has 0 saturated carbocycles. The number of rotatable bonds is 16. The van der Waals surface area contributed by atoms with E-state index < -0.39 is 5.91 Å². The molecule has 1 saturated heterocycles. The van der Waals surface area contributed by atoms with Crippen LogP contribution in [0.4, 0.5) is 5.69 Å². The van der Waals surface area contributed by atoms with Crippen molar-refractivity contribution in [1.29, 1.82) is 0 Å². The zero-order chi connectivity index (χ0) is 32.5. The highest BCUT2D eigenvalue weighted by Crippen LogP contribution is 2.30. The zero-order valence-electron chi connectivity index (χ0n) is 26.2. The van der Waals surface area contributed by atoms with Crippen LogP contribution in [0.3, 0.4) is 0 Å². The first-order chi connectivity index (χ1) is 22.4. The van der Waals surface area contributed by atoms with E-state index in [4.69, 9.17) is 33.9 Å². The molecule has 1 unspecified atom stereocenters. The number of likely N-dealkylation sites (tertiary alicyclic amines) is 1. The third-order valence-corrected chi connectivity index (χ3v) is 9.39. The van der Waals surface area contributed by atoms with Crippen LogP contribution in [0.25, 0.3) is 22.4 Å². The van der Waals surface area contributed by atoms with Gasteiger partial charge in [-0.1, -0.05) is 41.8 Å². The molecule has 1 aliphatic rings. The van der Waals surface area contributed by atoms with Gasteiger partial charge in [0.2, 0.25) is 5.91 Å². The second-order valence-corrected chi connectivity index (χ2v) is 12.7. The van der Waals surface area contributed by atoms with Gasteiger partial charge < -0.3 is 35.6 Å². The lowest BCUT2D eigenvalue weighted by atomic mass is 10.0. The molecule has 246 valence electrons. The zero-order valence-corrected chi connectivity index (χ0v) is 27.7. The number of carbonyl (C=O) groups is 1. The average Bonchev–Trinajstić information content (AvgIpc) is 3.42. The maximum Gasteiger partial charge on any atom is 0.219 e. The summed E-state index contributed by atoms with van der Waals surface area (Å²) in [7, 11) is 0. The molecule has 2 heterocycles. The molecule has 1 aromatic heterocycles. The Balaban J connectivity index is 1.44. The molecule has 1 fully saturated rings. The Hall–Kier alpha value is -3.18. The summed E-state index contributed by atoms with van der Waals surface area (Å²) < 4.78 is 2.30. The number of nitrogens with two attached hydrogens (primary N) is 1. The van der Waals surface area contributed by atoms with Crippen LogP contribution in [-0.4, -0.2) is 76.5 Å². The molecule has 0 aliphatic carbocycles. The summed E-state index contributed by atoms with van der Waals surface area (Å²) in [5.74, 6) is 0.482. The lowest BCUT2D eigenvalue weighted by molar-refractivity contribution is -0.118. The molecule has 5 rings (SSSR count). The van der Waals surface area contributed by atoms with Crippen molar-refractivity contribution >= 4 is 45.8 Å². The third-order valence-electron chi connectivity index (χ3n) is 8.65. The van der Waals surface area contributed by atoms with Crippen LogP contribution in [0, 0.1) is 0 Å². The van der Waals surface area contributed by atoms with Crippen molar-refractivity contribution in [2.24, 2.45) is 5.73 Å². The maximum atomic E-state index is 12.1. The van der Waals surface area contributed by atoms with Gasteiger partial charge in [-0.2, -0.15) is 0 Å². The molecule has 9 nitrogen and oxygen atoms in total. The Bertz CT molecular complexity index is 1580. The van der Waals surface area contributed by atoms with Crippen molar-refractivity contribution in [1.82, 2.24) is 19.8 Å². The van der Waals surface area contributed by atoms with E-state index >= 15 is 0 Å². The number of benzene rings is 3.